The highest BCUT2D eigenvalue weighted by Crippen LogP contribution is 2.56. The number of hydrogen-bond donors (Lipinski definition) is 4. The number of phenolic OH excluding ortho intramolecular Hbond substituents is 4. The van der Waals surface area contributed by atoms with Gasteiger partial charge in [-0.1, -0.05) is 113 Å². The summed E-state index contributed by atoms with van der Waals surface area (Å²) in [5.74, 6) is 1.68. The highest BCUT2D eigenvalue weighted by molar-refractivity contribution is 9.09. The summed E-state index contributed by atoms with van der Waals surface area (Å²) < 4.78 is 94.4. The van der Waals surface area contributed by atoms with Crippen LogP contribution in [0, 0.1) is 6.92 Å². The lowest BCUT2D eigenvalue weighted by atomic mass is 9.97. The zero-order valence-electron chi connectivity index (χ0n) is 52.5. The van der Waals surface area contributed by atoms with Crippen molar-refractivity contribution in [3.8, 4) is 67.9 Å². The van der Waals surface area contributed by atoms with Crippen LogP contribution >= 0.6 is 39.1 Å². The molecule has 0 aliphatic carbocycles. The van der Waals surface area contributed by atoms with Gasteiger partial charge < -0.3 is 29.9 Å². The number of rotatable bonds is 23. The first kappa shape index (κ1) is 74.2. The molecule has 9 aromatic carbocycles. The first-order valence-corrected chi connectivity index (χ1v) is 34.1. The molecular formula is C79H76Br2F6O6P+. The maximum absolute atomic E-state index is 13.7. The normalized spacial score (nSPS) is 11.0. The Morgan fingerprint density at radius 2 is 0.617 bits per heavy atom. The molecule has 0 saturated carbocycles. The summed E-state index contributed by atoms with van der Waals surface area (Å²) >= 11 is 6.43. The van der Waals surface area contributed by atoms with Gasteiger partial charge in [0.2, 0.25) is 6.35 Å². The van der Waals surface area contributed by atoms with Crippen molar-refractivity contribution in [2.75, 3.05) is 17.2 Å². The number of aromatic hydroxyl groups is 4. The average Bonchev–Trinajstić information content (AvgIpc) is 0.749. The first-order valence-electron chi connectivity index (χ1n) is 29.9. The summed E-state index contributed by atoms with van der Waals surface area (Å²) in [5.41, 5.74) is 9.73. The maximum Gasteiger partial charge on any atom is 0.416 e. The van der Waals surface area contributed by atoms with E-state index >= 15 is 0 Å². The van der Waals surface area contributed by atoms with E-state index in [-0.39, 0.29) is 29.3 Å². The molecule has 94 heavy (non-hydrogen) atoms. The van der Waals surface area contributed by atoms with Crippen molar-refractivity contribution in [3.63, 3.8) is 0 Å². The quantitative estimate of drug-likeness (QED) is 0.0220. The fourth-order valence-electron chi connectivity index (χ4n) is 10.3. The van der Waals surface area contributed by atoms with Crippen LogP contribution in [0.3, 0.4) is 0 Å². The maximum atomic E-state index is 13.7. The van der Waals surface area contributed by atoms with Crippen molar-refractivity contribution in [2.24, 2.45) is 0 Å². The molecule has 0 aliphatic rings. The second-order valence-corrected chi connectivity index (χ2v) is 26.6. The van der Waals surface area contributed by atoms with Crippen LogP contribution in [0.5, 0.6) is 34.5 Å². The topological polar surface area (TPSA) is 99.4 Å². The van der Waals surface area contributed by atoms with E-state index < -0.39 is 30.7 Å². The minimum absolute atomic E-state index is 0.0125. The molecule has 0 bridgehead atoms. The molecular weight excluding hydrogens is 1350 g/mol. The van der Waals surface area contributed by atoms with Crippen molar-refractivity contribution in [1.29, 1.82) is 0 Å². The monoisotopic (exact) mass is 1420 g/mol. The van der Waals surface area contributed by atoms with Crippen LogP contribution in [-0.4, -0.2) is 37.6 Å². The molecule has 0 radical (unpaired) electrons. The van der Waals surface area contributed by atoms with Gasteiger partial charge in [-0.15, -0.1) is 39.5 Å². The van der Waals surface area contributed by atoms with E-state index in [0.29, 0.717) is 62.3 Å². The van der Waals surface area contributed by atoms with E-state index in [9.17, 15) is 46.8 Å². The first-order chi connectivity index (χ1) is 45.0. The van der Waals surface area contributed by atoms with Crippen LogP contribution in [0.4, 0.5) is 26.3 Å². The Morgan fingerprint density at radius 3 is 0.883 bits per heavy atom. The zero-order valence-corrected chi connectivity index (χ0v) is 56.5. The fraction of sp³-hybridized carbons (Fsp3) is 0.165. The van der Waals surface area contributed by atoms with Crippen LogP contribution in [0.1, 0.15) is 57.0 Å². The molecule has 0 aliphatic heterocycles. The summed E-state index contributed by atoms with van der Waals surface area (Å²) in [6.07, 6.45) is 5.62. The van der Waals surface area contributed by atoms with E-state index in [1.807, 2.05) is 135 Å². The Morgan fingerprint density at radius 1 is 0.372 bits per heavy atom. The molecule has 0 amide bonds. The Kier molecular flexibility index (Phi) is 28.0. The molecule has 9 rings (SSSR count). The van der Waals surface area contributed by atoms with Crippen molar-refractivity contribution in [3.05, 3.63) is 308 Å². The van der Waals surface area contributed by atoms with Crippen molar-refractivity contribution >= 4 is 55.0 Å². The Bertz CT molecular complexity index is 3920. The predicted molar refractivity (Wildman–Crippen MR) is 385 cm³/mol. The molecule has 0 fully saturated rings. The summed E-state index contributed by atoms with van der Waals surface area (Å²) in [6.45, 7) is 26.5. The van der Waals surface area contributed by atoms with Gasteiger partial charge in [-0.2, -0.15) is 26.3 Å². The molecule has 15 heteroatoms. The Balaban J connectivity index is 0.000000255. The van der Waals surface area contributed by atoms with E-state index in [2.05, 4.69) is 71.3 Å². The SMILES string of the molecule is C=CCc1ccc(O)c(-c2cc(CC=C)ccc2O)c1.C=CCc1ccc(O)c(-c2cc(CC=C)ccc2OCBr)c1.C=CCc1ccc(O)c(-c2cc(CC=C)ccc2OC[P+](c2ccc(C)cc2)(c2ccc(C(F)(F)F)cc2)c2ccc(C(F)(F)F)cc2)c1.CCBr. The van der Waals surface area contributed by atoms with Crippen LogP contribution < -0.4 is 25.4 Å². The summed E-state index contributed by atoms with van der Waals surface area (Å²) in [4.78, 5) is 0. The minimum Gasteiger partial charge on any atom is -0.507 e. The second-order valence-electron chi connectivity index (χ2n) is 21.6. The van der Waals surface area contributed by atoms with Gasteiger partial charge in [-0.3, -0.25) is 0 Å². The summed E-state index contributed by atoms with van der Waals surface area (Å²) in [7, 11) is -3.10. The zero-order chi connectivity index (χ0) is 68.6. The van der Waals surface area contributed by atoms with E-state index in [1.54, 1.807) is 48.6 Å². The third-order valence-corrected chi connectivity index (χ3v) is 19.1. The molecule has 0 atom stereocenters. The fourth-order valence-corrected chi connectivity index (χ4v) is 14.2. The number of halogens is 8. The average molecular weight is 1430 g/mol. The van der Waals surface area contributed by atoms with Gasteiger partial charge >= 0.3 is 12.4 Å². The number of allylic oxidation sites excluding steroid dienone is 6. The van der Waals surface area contributed by atoms with Crippen molar-refractivity contribution < 1.29 is 56.2 Å². The van der Waals surface area contributed by atoms with Crippen LogP contribution in [0.25, 0.3) is 33.4 Å². The van der Waals surface area contributed by atoms with Crippen LogP contribution in [0.15, 0.2) is 258 Å². The molecule has 0 aromatic heterocycles. The van der Waals surface area contributed by atoms with Gasteiger partial charge in [0.25, 0.3) is 0 Å². The molecule has 488 valence electrons. The molecule has 0 spiro atoms. The number of hydrogen-bond acceptors (Lipinski definition) is 6. The lowest BCUT2D eigenvalue weighted by molar-refractivity contribution is -0.138. The largest absolute Gasteiger partial charge is 0.507 e. The number of phenols is 4. The van der Waals surface area contributed by atoms with Gasteiger partial charge in [0, 0.05) is 38.7 Å². The van der Waals surface area contributed by atoms with Gasteiger partial charge in [-0.25, -0.2) is 0 Å². The molecule has 0 saturated heterocycles. The molecule has 0 unspecified atom stereocenters. The van der Waals surface area contributed by atoms with Crippen LogP contribution in [0.2, 0.25) is 0 Å². The third kappa shape index (κ3) is 19.9. The second kappa shape index (κ2) is 35.5. The van der Waals surface area contributed by atoms with Gasteiger partial charge in [0.15, 0.2) is 7.26 Å². The molecule has 4 N–H and O–H groups in total. The smallest absolute Gasteiger partial charge is 0.416 e. The van der Waals surface area contributed by atoms with E-state index in [1.165, 1.54) is 24.3 Å². The van der Waals surface area contributed by atoms with Crippen LogP contribution in [-0.2, 0) is 50.9 Å². The highest BCUT2D eigenvalue weighted by atomic mass is 79.9. The number of ether oxygens (including phenoxy) is 2. The van der Waals surface area contributed by atoms with E-state index in [4.69, 9.17) is 9.47 Å². The van der Waals surface area contributed by atoms with E-state index in [0.717, 1.165) is 111 Å². The highest BCUT2D eigenvalue weighted by Gasteiger charge is 2.48. The summed E-state index contributed by atoms with van der Waals surface area (Å²) in [6, 6.07) is 49.9. The minimum atomic E-state index is -4.58. The van der Waals surface area contributed by atoms with Gasteiger partial charge in [-0.05, 0) is 228 Å². The number of benzene rings is 9. The molecule has 6 nitrogen and oxygen atoms in total. The third-order valence-electron chi connectivity index (χ3n) is 14.9. The molecule has 9 aromatic rings. The Labute approximate surface area is 565 Å². The van der Waals surface area contributed by atoms with Gasteiger partial charge in [0.1, 0.15) is 55.9 Å². The van der Waals surface area contributed by atoms with Crippen molar-refractivity contribution in [1.82, 2.24) is 0 Å². The number of aryl methyl sites for hydroxylation is 1. The standard InChI is InChI=1S/C40H33F6O2P.C19H19BrO2.C18H18O2.C2H5Br/c1-4-6-28-10-22-37(47)35(24-28)36-25-29(7-5-2)11-23-38(36)48-26-49(32-16-8-27(3)9-17-32,33-18-12-30(13-19-33)39(41,42)43)34-20-14-31(15-21-34)40(44,45)46;1-3-5-14-7-9-18(21)16(11-14)17-12-15(6-4-2)8-10-19(17)22-13-20;1-3-5-13-7-9-17(19)15(11-13)16-12-14(6-4-2)8-10-18(16)20;1-2-3/h4-5,8-25H,1-2,6-7,26H2,3H3;3-4,7-12,21H,1-2,5-6,13H2;3-4,7-12,19-20H,1-2,5-6H2;2H2,1H3/p+1. The molecule has 0 heterocycles. The lowest BCUT2D eigenvalue weighted by Gasteiger charge is -2.28. The number of alkyl halides is 8. The lowest BCUT2D eigenvalue weighted by Crippen LogP contribution is -2.35. The van der Waals surface area contributed by atoms with Crippen molar-refractivity contribution in [2.45, 2.75) is 64.7 Å². The predicted octanol–water partition coefficient (Wildman–Crippen LogP) is 21.1. The van der Waals surface area contributed by atoms with Gasteiger partial charge in [0.05, 0.1) is 11.1 Å². The summed E-state index contributed by atoms with van der Waals surface area (Å²) in [5, 5.41) is 44.1. The Hall–Kier alpha value is -8.81.